The molecule has 1 saturated heterocycles. The van der Waals surface area contributed by atoms with Gasteiger partial charge in [0.25, 0.3) is 0 Å². The molecular formula is C11H19ClNO6P. The second-order valence-electron chi connectivity index (χ2n) is 4.23. The van der Waals surface area contributed by atoms with Crippen LogP contribution in [0.1, 0.15) is 27.2 Å². The molecule has 9 heteroatoms. The van der Waals surface area contributed by atoms with Crippen LogP contribution in [-0.2, 0) is 27.9 Å². The topological polar surface area (TPSA) is 90.9 Å². The summed E-state index contributed by atoms with van der Waals surface area (Å²) in [6.45, 7) is 4.77. The van der Waals surface area contributed by atoms with E-state index in [9.17, 15) is 14.2 Å². The predicted octanol–water partition coefficient (Wildman–Crippen LogP) is 1.64. The molecule has 2 atom stereocenters. The third-order valence-electron chi connectivity index (χ3n) is 2.75. The molecule has 116 valence electrons. The molecule has 1 fully saturated rings. The third-order valence-corrected chi connectivity index (χ3v) is 5.90. The lowest BCUT2D eigenvalue weighted by molar-refractivity contribution is -0.140. The van der Waals surface area contributed by atoms with Crippen LogP contribution in [0.25, 0.3) is 0 Å². The first kappa shape index (κ1) is 17.4. The molecule has 0 bridgehead atoms. The van der Waals surface area contributed by atoms with Gasteiger partial charge in [-0.3, -0.25) is 14.2 Å². The molecule has 1 amide bonds. The van der Waals surface area contributed by atoms with Crippen molar-refractivity contribution in [2.75, 3.05) is 19.8 Å². The molecule has 0 aromatic carbocycles. The van der Waals surface area contributed by atoms with Gasteiger partial charge in [-0.1, -0.05) is 0 Å². The van der Waals surface area contributed by atoms with Crippen LogP contribution >= 0.6 is 19.2 Å². The van der Waals surface area contributed by atoms with E-state index in [4.69, 9.17) is 25.4 Å². The molecule has 2 unspecified atom stereocenters. The molecule has 0 aliphatic carbocycles. The predicted molar refractivity (Wildman–Crippen MR) is 72.6 cm³/mol. The lowest BCUT2D eigenvalue weighted by atomic mass is 10.1. The van der Waals surface area contributed by atoms with Gasteiger partial charge in [0.15, 0.2) is 10.7 Å². The van der Waals surface area contributed by atoms with E-state index in [1.807, 2.05) is 0 Å². The Hall–Kier alpha value is -0.620. The minimum atomic E-state index is -3.80. The van der Waals surface area contributed by atoms with Gasteiger partial charge in [-0.25, -0.2) is 0 Å². The summed E-state index contributed by atoms with van der Waals surface area (Å²) in [5.41, 5.74) is 0. The second-order valence-corrected chi connectivity index (χ2v) is 7.01. The van der Waals surface area contributed by atoms with Crippen molar-refractivity contribution in [3.63, 3.8) is 0 Å². The van der Waals surface area contributed by atoms with E-state index < -0.39 is 30.1 Å². The molecule has 1 rings (SSSR count). The smallest absolute Gasteiger partial charge is 0.355 e. The van der Waals surface area contributed by atoms with Crippen molar-refractivity contribution in [2.45, 2.75) is 37.8 Å². The van der Waals surface area contributed by atoms with Gasteiger partial charge in [0.1, 0.15) is 0 Å². The molecule has 1 heterocycles. The highest BCUT2D eigenvalue weighted by atomic mass is 35.5. The van der Waals surface area contributed by atoms with Gasteiger partial charge < -0.3 is 19.1 Å². The van der Waals surface area contributed by atoms with Crippen LogP contribution in [0.2, 0.25) is 0 Å². The minimum absolute atomic E-state index is 0.0926. The van der Waals surface area contributed by atoms with Crippen molar-refractivity contribution in [3.8, 4) is 0 Å². The van der Waals surface area contributed by atoms with Crippen LogP contribution in [0.3, 0.4) is 0 Å². The normalized spacial score (nSPS) is 24.3. The fraction of sp³-hybridized carbons (Fsp3) is 0.818. The summed E-state index contributed by atoms with van der Waals surface area (Å²) in [5.74, 6) is -2.52. The minimum Gasteiger partial charge on any atom is -0.464 e. The number of carbonyl (C=O) groups is 2. The van der Waals surface area contributed by atoms with Crippen LogP contribution in [-0.4, -0.2) is 42.4 Å². The van der Waals surface area contributed by atoms with Crippen molar-refractivity contribution in [1.29, 1.82) is 0 Å². The molecular weight excluding hydrogens is 309 g/mol. The van der Waals surface area contributed by atoms with E-state index in [0.29, 0.717) is 0 Å². The Labute approximate surface area is 122 Å². The zero-order chi connectivity index (χ0) is 15.4. The van der Waals surface area contributed by atoms with Gasteiger partial charge in [-0.15, -0.1) is 11.6 Å². The highest BCUT2D eigenvalue weighted by molar-refractivity contribution is 7.55. The summed E-state index contributed by atoms with van der Waals surface area (Å²) in [6.07, 6.45) is 0.114. The number of cyclic esters (lactones) is 1. The first-order valence-corrected chi connectivity index (χ1v) is 8.31. The Morgan fingerprint density at radius 1 is 1.50 bits per heavy atom. The zero-order valence-electron chi connectivity index (χ0n) is 11.7. The Morgan fingerprint density at radius 3 is 2.40 bits per heavy atom. The Balaban J connectivity index is 3.19. The van der Waals surface area contributed by atoms with Crippen LogP contribution in [0.4, 0.5) is 0 Å². The molecule has 0 aromatic rings. The number of hydrogen-bond donors (Lipinski definition) is 1. The van der Waals surface area contributed by atoms with Gasteiger partial charge in [-0.2, -0.15) is 0 Å². The highest BCUT2D eigenvalue weighted by Crippen LogP contribution is 2.58. The Bertz CT molecular complexity index is 421. The molecule has 0 saturated carbocycles. The fourth-order valence-corrected chi connectivity index (χ4v) is 4.66. The first-order chi connectivity index (χ1) is 9.30. The number of rotatable bonds is 7. The molecule has 7 nitrogen and oxygen atoms in total. The SMILES string of the molecule is CCOP(=O)(OCC)C(NC(C)=O)C1(Cl)CCOC1=O. The number of alkyl halides is 1. The number of nitrogens with one attached hydrogen (secondary N) is 1. The number of ether oxygens (including phenoxy) is 1. The average Bonchev–Trinajstić information content (AvgIpc) is 2.68. The molecule has 20 heavy (non-hydrogen) atoms. The summed E-state index contributed by atoms with van der Waals surface area (Å²) in [4.78, 5) is 21.6. The van der Waals surface area contributed by atoms with Crippen molar-refractivity contribution in [3.05, 3.63) is 0 Å². The van der Waals surface area contributed by atoms with E-state index in [2.05, 4.69) is 5.32 Å². The van der Waals surface area contributed by atoms with E-state index in [-0.39, 0.29) is 26.2 Å². The van der Waals surface area contributed by atoms with Gasteiger partial charge in [0.05, 0.1) is 19.8 Å². The zero-order valence-corrected chi connectivity index (χ0v) is 13.3. The Morgan fingerprint density at radius 2 is 2.05 bits per heavy atom. The maximum Gasteiger partial charge on any atom is 0.355 e. The molecule has 0 spiro atoms. The summed E-state index contributed by atoms with van der Waals surface area (Å²) in [6, 6.07) is 0. The molecule has 0 radical (unpaired) electrons. The van der Waals surface area contributed by atoms with Crippen molar-refractivity contribution >= 4 is 31.1 Å². The Kier molecular flexibility index (Phi) is 6.01. The summed E-state index contributed by atoms with van der Waals surface area (Å²) < 4.78 is 28.0. The third kappa shape index (κ3) is 3.52. The van der Waals surface area contributed by atoms with Crippen LogP contribution < -0.4 is 5.32 Å². The van der Waals surface area contributed by atoms with Crippen molar-refractivity contribution in [1.82, 2.24) is 5.32 Å². The number of halogens is 1. The molecule has 0 aromatic heterocycles. The van der Waals surface area contributed by atoms with Gasteiger partial charge in [0, 0.05) is 13.3 Å². The fourth-order valence-electron chi connectivity index (χ4n) is 1.95. The first-order valence-electron chi connectivity index (χ1n) is 6.32. The van der Waals surface area contributed by atoms with E-state index in [1.165, 1.54) is 6.92 Å². The van der Waals surface area contributed by atoms with Gasteiger partial charge in [0.2, 0.25) is 5.91 Å². The molecule has 1 N–H and O–H groups in total. The van der Waals surface area contributed by atoms with E-state index in [1.54, 1.807) is 13.8 Å². The maximum absolute atomic E-state index is 12.8. The average molecular weight is 328 g/mol. The standard InChI is InChI=1S/C11H19ClNO6P/c1-4-18-20(16,19-5-2)9(13-8(3)14)11(12)6-7-17-10(11)15/h9H,4-7H2,1-3H3,(H,13,14). The number of amides is 1. The van der Waals surface area contributed by atoms with Crippen LogP contribution in [0.15, 0.2) is 0 Å². The summed E-state index contributed by atoms with van der Waals surface area (Å²) >= 11 is 6.27. The number of esters is 1. The molecule has 1 aliphatic heterocycles. The quantitative estimate of drug-likeness (QED) is 0.434. The summed E-state index contributed by atoms with van der Waals surface area (Å²) in [5, 5.41) is 2.42. The largest absolute Gasteiger partial charge is 0.464 e. The van der Waals surface area contributed by atoms with Crippen LogP contribution in [0.5, 0.6) is 0 Å². The number of hydrogen-bond acceptors (Lipinski definition) is 6. The monoisotopic (exact) mass is 327 g/mol. The van der Waals surface area contributed by atoms with Gasteiger partial charge >= 0.3 is 13.6 Å². The summed E-state index contributed by atoms with van der Waals surface area (Å²) in [7, 11) is -3.80. The molecule has 1 aliphatic rings. The lowest BCUT2D eigenvalue weighted by Crippen LogP contribution is -2.51. The lowest BCUT2D eigenvalue weighted by Gasteiger charge is -2.33. The second kappa shape index (κ2) is 6.89. The highest BCUT2D eigenvalue weighted by Gasteiger charge is 2.58. The van der Waals surface area contributed by atoms with Gasteiger partial charge in [-0.05, 0) is 13.8 Å². The van der Waals surface area contributed by atoms with E-state index in [0.717, 1.165) is 0 Å². The van der Waals surface area contributed by atoms with Crippen molar-refractivity contribution < 1.29 is 27.9 Å². The van der Waals surface area contributed by atoms with Crippen molar-refractivity contribution in [2.24, 2.45) is 0 Å². The maximum atomic E-state index is 12.8. The van der Waals surface area contributed by atoms with Crippen LogP contribution in [0, 0.1) is 0 Å². The number of carbonyl (C=O) groups excluding carboxylic acids is 2. The van der Waals surface area contributed by atoms with E-state index >= 15 is 0 Å².